The van der Waals surface area contributed by atoms with E-state index in [-0.39, 0.29) is 5.92 Å². The van der Waals surface area contributed by atoms with E-state index >= 15 is 0 Å². The fourth-order valence-corrected chi connectivity index (χ4v) is 2.76. The molecule has 1 aromatic carbocycles. The van der Waals surface area contributed by atoms with Crippen molar-refractivity contribution in [1.82, 2.24) is 0 Å². The van der Waals surface area contributed by atoms with E-state index in [9.17, 15) is 5.11 Å². The van der Waals surface area contributed by atoms with Gasteiger partial charge < -0.3 is 5.11 Å². The minimum absolute atomic E-state index is 0.322. The first-order valence-electron chi connectivity index (χ1n) is 4.82. The van der Waals surface area contributed by atoms with Gasteiger partial charge in [-0.1, -0.05) is 59.1 Å². The molecule has 0 amide bonds. The Morgan fingerprint density at radius 1 is 1.20 bits per heavy atom. The largest absolute Gasteiger partial charge is 0.388 e. The number of aliphatic hydroxyl groups excluding tert-OH is 1. The van der Waals surface area contributed by atoms with Crippen LogP contribution < -0.4 is 0 Å². The molecule has 0 saturated carbocycles. The minimum Gasteiger partial charge on any atom is -0.388 e. The maximum atomic E-state index is 10.1. The normalized spacial score (nSPS) is 26.1. The Labute approximate surface area is 104 Å². The second-order valence-electron chi connectivity index (χ2n) is 3.83. The lowest BCUT2D eigenvalue weighted by atomic mass is 9.82. The van der Waals surface area contributed by atoms with Gasteiger partial charge in [-0.2, -0.15) is 0 Å². The summed E-state index contributed by atoms with van der Waals surface area (Å²) in [5.74, 6) is -0.322. The number of halogens is 3. The van der Waals surface area contributed by atoms with Gasteiger partial charge in [-0.3, -0.25) is 0 Å². The van der Waals surface area contributed by atoms with Gasteiger partial charge in [0, 0.05) is 5.92 Å². The zero-order valence-electron chi connectivity index (χ0n) is 7.96. The van der Waals surface area contributed by atoms with Crippen LogP contribution in [0.1, 0.15) is 23.7 Å². The maximum absolute atomic E-state index is 10.1. The summed E-state index contributed by atoms with van der Waals surface area (Å²) in [7, 11) is 0. The van der Waals surface area contributed by atoms with Crippen molar-refractivity contribution in [2.45, 2.75) is 22.7 Å². The van der Waals surface area contributed by atoms with Crippen LogP contribution in [0, 0.1) is 5.92 Å². The quantitative estimate of drug-likeness (QED) is 0.710. The second kappa shape index (κ2) is 4.14. The Morgan fingerprint density at radius 2 is 1.87 bits per heavy atom. The summed E-state index contributed by atoms with van der Waals surface area (Å²) in [5, 5.41) is 10.1. The van der Waals surface area contributed by atoms with Crippen LogP contribution in [0.3, 0.4) is 0 Å². The molecule has 1 aliphatic carbocycles. The van der Waals surface area contributed by atoms with Gasteiger partial charge in [0.25, 0.3) is 0 Å². The molecule has 2 rings (SSSR count). The maximum Gasteiger partial charge on any atom is 0.196 e. The SMILES string of the molecule is OC1c2ccccc2CCC1C(Cl)(Cl)Cl. The van der Waals surface area contributed by atoms with E-state index in [2.05, 4.69) is 0 Å². The smallest absolute Gasteiger partial charge is 0.196 e. The van der Waals surface area contributed by atoms with E-state index in [0.29, 0.717) is 6.42 Å². The van der Waals surface area contributed by atoms with Crippen molar-refractivity contribution < 1.29 is 5.11 Å². The van der Waals surface area contributed by atoms with Gasteiger partial charge in [-0.05, 0) is 24.0 Å². The number of aryl methyl sites for hydroxylation is 1. The van der Waals surface area contributed by atoms with Crippen LogP contribution >= 0.6 is 34.8 Å². The number of rotatable bonds is 0. The van der Waals surface area contributed by atoms with Crippen LogP contribution in [0.2, 0.25) is 0 Å². The highest BCUT2D eigenvalue weighted by atomic mass is 35.6. The van der Waals surface area contributed by atoms with Gasteiger partial charge in [-0.25, -0.2) is 0 Å². The molecule has 1 aliphatic rings. The van der Waals surface area contributed by atoms with Crippen LogP contribution in [0.25, 0.3) is 0 Å². The van der Waals surface area contributed by atoms with E-state index in [1.54, 1.807) is 0 Å². The zero-order chi connectivity index (χ0) is 11.1. The molecule has 0 heterocycles. The Morgan fingerprint density at radius 3 is 2.53 bits per heavy atom. The van der Waals surface area contributed by atoms with Gasteiger partial charge in [0.15, 0.2) is 3.79 Å². The molecular weight excluding hydrogens is 254 g/mol. The second-order valence-corrected chi connectivity index (χ2v) is 6.20. The van der Waals surface area contributed by atoms with Crippen molar-refractivity contribution in [1.29, 1.82) is 0 Å². The standard InChI is InChI=1S/C11H11Cl3O/c12-11(13,14)9-6-5-7-3-1-2-4-8(7)10(9)15/h1-4,9-10,15H,5-6H2. The van der Waals surface area contributed by atoms with Crippen molar-refractivity contribution in [2.75, 3.05) is 0 Å². The molecule has 0 aromatic heterocycles. The van der Waals surface area contributed by atoms with Crippen molar-refractivity contribution in [2.24, 2.45) is 5.92 Å². The summed E-state index contributed by atoms with van der Waals surface area (Å²) in [6.45, 7) is 0. The molecule has 15 heavy (non-hydrogen) atoms. The third-order valence-corrected chi connectivity index (χ3v) is 3.74. The molecule has 0 radical (unpaired) electrons. The fourth-order valence-electron chi connectivity index (χ4n) is 2.08. The number of benzene rings is 1. The van der Waals surface area contributed by atoms with Crippen LogP contribution in [-0.2, 0) is 6.42 Å². The van der Waals surface area contributed by atoms with Gasteiger partial charge in [-0.15, -0.1) is 0 Å². The summed E-state index contributed by atoms with van der Waals surface area (Å²) in [6, 6.07) is 7.75. The number of hydrogen-bond acceptors (Lipinski definition) is 1. The number of hydrogen-bond donors (Lipinski definition) is 1. The summed E-state index contributed by atoms with van der Waals surface area (Å²) in [5.41, 5.74) is 2.04. The average molecular weight is 266 g/mol. The predicted octanol–water partition coefficient (Wildman–Crippen LogP) is 3.65. The Hall–Kier alpha value is 0.0500. The van der Waals surface area contributed by atoms with Gasteiger partial charge >= 0.3 is 0 Å². The van der Waals surface area contributed by atoms with Crippen LogP contribution in [0.4, 0.5) is 0 Å². The number of alkyl halides is 3. The van der Waals surface area contributed by atoms with Crippen molar-refractivity contribution in [3.63, 3.8) is 0 Å². The Balaban J connectivity index is 2.34. The lowest BCUT2D eigenvalue weighted by molar-refractivity contribution is 0.0957. The third kappa shape index (κ3) is 2.26. The van der Waals surface area contributed by atoms with E-state index in [1.165, 1.54) is 0 Å². The van der Waals surface area contributed by atoms with Gasteiger partial charge in [0.2, 0.25) is 0 Å². The molecule has 82 valence electrons. The molecule has 1 nitrogen and oxygen atoms in total. The molecule has 0 bridgehead atoms. The molecule has 4 heteroatoms. The lowest BCUT2D eigenvalue weighted by Gasteiger charge is -2.34. The zero-order valence-corrected chi connectivity index (χ0v) is 10.2. The minimum atomic E-state index is -1.40. The monoisotopic (exact) mass is 264 g/mol. The van der Waals surface area contributed by atoms with E-state index in [4.69, 9.17) is 34.8 Å². The number of fused-ring (bicyclic) bond motifs is 1. The van der Waals surface area contributed by atoms with Gasteiger partial charge in [0.1, 0.15) is 0 Å². The first-order valence-corrected chi connectivity index (χ1v) is 5.96. The Bertz CT molecular complexity index is 359. The Kier molecular flexibility index (Phi) is 3.18. The summed E-state index contributed by atoms with van der Waals surface area (Å²) in [6.07, 6.45) is 0.878. The molecule has 0 spiro atoms. The van der Waals surface area contributed by atoms with E-state index < -0.39 is 9.90 Å². The lowest BCUT2D eigenvalue weighted by Crippen LogP contribution is -2.30. The van der Waals surface area contributed by atoms with Crippen molar-refractivity contribution in [3.05, 3.63) is 35.4 Å². The van der Waals surface area contributed by atoms with E-state index in [0.717, 1.165) is 17.5 Å². The molecular formula is C11H11Cl3O. The predicted molar refractivity (Wildman–Crippen MR) is 63.5 cm³/mol. The first kappa shape index (κ1) is 11.5. The van der Waals surface area contributed by atoms with Crippen molar-refractivity contribution in [3.8, 4) is 0 Å². The average Bonchev–Trinajstić information content (AvgIpc) is 2.16. The highest BCUT2D eigenvalue weighted by Crippen LogP contribution is 2.47. The molecule has 0 fully saturated rings. The van der Waals surface area contributed by atoms with Crippen molar-refractivity contribution >= 4 is 34.8 Å². The van der Waals surface area contributed by atoms with Crippen LogP contribution in [0.15, 0.2) is 24.3 Å². The summed E-state index contributed by atoms with van der Waals surface area (Å²) < 4.78 is -1.40. The summed E-state index contributed by atoms with van der Waals surface area (Å²) in [4.78, 5) is 0. The molecule has 0 saturated heterocycles. The highest BCUT2D eigenvalue weighted by molar-refractivity contribution is 6.67. The highest BCUT2D eigenvalue weighted by Gasteiger charge is 2.41. The molecule has 0 aliphatic heterocycles. The number of aliphatic hydroxyl groups is 1. The molecule has 1 aromatic rings. The summed E-state index contributed by atoms with van der Waals surface area (Å²) >= 11 is 17.5. The molecule has 2 unspecified atom stereocenters. The molecule has 2 atom stereocenters. The van der Waals surface area contributed by atoms with Crippen LogP contribution in [-0.4, -0.2) is 8.90 Å². The fraction of sp³-hybridized carbons (Fsp3) is 0.455. The first-order chi connectivity index (χ1) is 7.00. The van der Waals surface area contributed by atoms with E-state index in [1.807, 2.05) is 24.3 Å². The topological polar surface area (TPSA) is 20.2 Å². The third-order valence-electron chi connectivity index (χ3n) is 2.90. The van der Waals surface area contributed by atoms with Crippen LogP contribution in [0.5, 0.6) is 0 Å². The molecule has 1 N–H and O–H groups in total. The van der Waals surface area contributed by atoms with Gasteiger partial charge in [0.05, 0.1) is 6.10 Å².